The Morgan fingerprint density at radius 1 is 1.41 bits per heavy atom. The monoisotopic (exact) mass is 303 g/mol. The van der Waals surface area contributed by atoms with Gasteiger partial charge in [-0.1, -0.05) is 12.1 Å². The summed E-state index contributed by atoms with van der Waals surface area (Å²) in [5.74, 6) is 1.56. The lowest BCUT2D eigenvalue weighted by atomic mass is 10.2. The van der Waals surface area contributed by atoms with Crippen molar-refractivity contribution in [1.82, 2.24) is 25.5 Å². The van der Waals surface area contributed by atoms with E-state index >= 15 is 0 Å². The number of tetrazole rings is 1. The number of carbonyl (C=O) groups excluding carboxylic acids is 1. The van der Waals surface area contributed by atoms with Gasteiger partial charge in [0, 0.05) is 0 Å². The van der Waals surface area contributed by atoms with Crippen LogP contribution in [0.3, 0.4) is 0 Å². The molecule has 1 N–H and O–H groups in total. The summed E-state index contributed by atoms with van der Waals surface area (Å²) in [6, 6.07) is 7.39. The number of aromatic nitrogens is 4. The first-order valence-corrected chi connectivity index (χ1v) is 7.08. The van der Waals surface area contributed by atoms with Gasteiger partial charge in [0.15, 0.2) is 17.3 Å². The van der Waals surface area contributed by atoms with Gasteiger partial charge in [-0.25, -0.2) is 4.68 Å². The molecule has 0 spiro atoms. The molecule has 2 aromatic rings. The lowest BCUT2D eigenvalue weighted by Gasteiger charge is -2.25. The first-order chi connectivity index (χ1) is 10.6. The molecule has 8 nitrogen and oxygen atoms in total. The Morgan fingerprint density at radius 3 is 2.95 bits per heavy atom. The SMILES string of the molecule is CC(C)n1nnnc1CNC(=O)C1COc2ccccc2O1. The molecular formula is C14H17N5O3. The molecule has 2 heterocycles. The summed E-state index contributed by atoms with van der Waals surface area (Å²) in [6.07, 6.45) is -0.682. The molecule has 1 amide bonds. The second-order valence-corrected chi connectivity index (χ2v) is 5.22. The van der Waals surface area contributed by atoms with Gasteiger partial charge in [-0.05, 0) is 36.4 Å². The van der Waals surface area contributed by atoms with Crippen LogP contribution >= 0.6 is 0 Å². The number of nitrogens with one attached hydrogen (secondary N) is 1. The Hall–Kier alpha value is -2.64. The zero-order valence-electron chi connectivity index (χ0n) is 12.4. The third-order valence-corrected chi connectivity index (χ3v) is 3.27. The predicted molar refractivity (Wildman–Crippen MR) is 76.4 cm³/mol. The second kappa shape index (κ2) is 6.00. The fourth-order valence-electron chi connectivity index (χ4n) is 2.16. The van der Waals surface area contributed by atoms with Crippen molar-refractivity contribution in [2.24, 2.45) is 0 Å². The Bertz CT molecular complexity index is 670. The molecule has 0 saturated heterocycles. The van der Waals surface area contributed by atoms with Gasteiger partial charge in [0.25, 0.3) is 5.91 Å². The van der Waals surface area contributed by atoms with E-state index in [1.807, 2.05) is 26.0 Å². The molecule has 22 heavy (non-hydrogen) atoms. The summed E-state index contributed by atoms with van der Waals surface area (Å²) in [7, 11) is 0. The van der Waals surface area contributed by atoms with Gasteiger partial charge in [0.1, 0.15) is 6.61 Å². The minimum atomic E-state index is -0.682. The Labute approximate surface area is 127 Å². The van der Waals surface area contributed by atoms with Crippen LogP contribution in [-0.4, -0.2) is 38.8 Å². The number of hydrogen-bond donors (Lipinski definition) is 1. The van der Waals surface area contributed by atoms with Crippen LogP contribution in [0.4, 0.5) is 0 Å². The maximum atomic E-state index is 12.2. The third-order valence-electron chi connectivity index (χ3n) is 3.27. The molecule has 116 valence electrons. The molecule has 0 saturated carbocycles. The van der Waals surface area contributed by atoms with Gasteiger partial charge in [0.05, 0.1) is 12.6 Å². The zero-order valence-corrected chi connectivity index (χ0v) is 12.4. The number of carbonyl (C=O) groups is 1. The van der Waals surface area contributed by atoms with Crippen molar-refractivity contribution in [2.45, 2.75) is 32.5 Å². The van der Waals surface area contributed by atoms with Gasteiger partial charge in [-0.15, -0.1) is 5.10 Å². The average molecular weight is 303 g/mol. The van der Waals surface area contributed by atoms with Crippen molar-refractivity contribution in [2.75, 3.05) is 6.61 Å². The largest absolute Gasteiger partial charge is 0.485 e. The highest BCUT2D eigenvalue weighted by Gasteiger charge is 2.27. The predicted octanol–water partition coefficient (Wildman–Crippen LogP) is 0.710. The molecule has 8 heteroatoms. The van der Waals surface area contributed by atoms with Crippen molar-refractivity contribution in [1.29, 1.82) is 0 Å². The number of rotatable bonds is 4. The molecule has 1 atom stereocenters. The topological polar surface area (TPSA) is 91.2 Å². The highest BCUT2D eigenvalue weighted by atomic mass is 16.6. The first kappa shape index (κ1) is 14.3. The minimum absolute atomic E-state index is 0.128. The summed E-state index contributed by atoms with van der Waals surface area (Å²) >= 11 is 0. The van der Waals surface area contributed by atoms with E-state index in [9.17, 15) is 4.79 Å². The van der Waals surface area contributed by atoms with E-state index < -0.39 is 6.10 Å². The summed E-state index contributed by atoms with van der Waals surface area (Å²) in [6.45, 7) is 4.36. The molecule has 3 rings (SSSR count). The van der Waals surface area contributed by atoms with Gasteiger partial charge >= 0.3 is 0 Å². The zero-order chi connectivity index (χ0) is 15.5. The lowest BCUT2D eigenvalue weighted by molar-refractivity contribution is -0.130. The normalized spacial score (nSPS) is 16.6. The first-order valence-electron chi connectivity index (χ1n) is 7.08. The molecule has 0 fully saturated rings. The Balaban J connectivity index is 1.60. The van der Waals surface area contributed by atoms with Crippen LogP contribution in [0.2, 0.25) is 0 Å². The summed E-state index contributed by atoms with van der Waals surface area (Å²) in [5, 5.41) is 14.2. The van der Waals surface area contributed by atoms with E-state index in [1.165, 1.54) is 0 Å². The van der Waals surface area contributed by atoms with Crippen molar-refractivity contribution >= 4 is 5.91 Å². The smallest absolute Gasteiger partial charge is 0.265 e. The van der Waals surface area contributed by atoms with Crippen molar-refractivity contribution in [3.05, 3.63) is 30.1 Å². The van der Waals surface area contributed by atoms with Crippen molar-refractivity contribution in [3.8, 4) is 11.5 Å². The van der Waals surface area contributed by atoms with Gasteiger partial charge in [0.2, 0.25) is 6.10 Å². The fourth-order valence-corrected chi connectivity index (χ4v) is 2.16. The van der Waals surface area contributed by atoms with Crippen molar-refractivity contribution in [3.63, 3.8) is 0 Å². The van der Waals surface area contributed by atoms with E-state index in [-0.39, 0.29) is 25.1 Å². The number of ether oxygens (including phenoxy) is 2. The quantitative estimate of drug-likeness (QED) is 0.894. The minimum Gasteiger partial charge on any atom is -0.485 e. The highest BCUT2D eigenvalue weighted by molar-refractivity contribution is 5.81. The van der Waals surface area contributed by atoms with E-state index in [1.54, 1.807) is 16.8 Å². The van der Waals surface area contributed by atoms with E-state index in [0.29, 0.717) is 17.3 Å². The standard InChI is InChI=1S/C14H17N5O3/c1-9(2)19-13(16-17-18-19)7-15-14(20)12-8-21-10-5-3-4-6-11(10)22-12/h3-6,9,12H,7-8H2,1-2H3,(H,15,20). The maximum Gasteiger partial charge on any atom is 0.265 e. The van der Waals surface area contributed by atoms with E-state index in [2.05, 4.69) is 20.8 Å². The number of nitrogens with zero attached hydrogens (tertiary/aromatic N) is 4. The summed E-state index contributed by atoms with van der Waals surface area (Å²) in [5.41, 5.74) is 0. The molecule has 0 radical (unpaired) electrons. The van der Waals surface area contributed by atoms with Gasteiger partial charge < -0.3 is 14.8 Å². The van der Waals surface area contributed by atoms with Crippen molar-refractivity contribution < 1.29 is 14.3 Å². The molecule has 0 bridgehead atoms. The van der Waals surface area contributed by atoms with Crippen LogP contribution < -0.4 is 14.8 Å². The van der Waals surface area contributed by atoms with Crippen LogP contribution in [0, 0.1) is 0 Å². The van der Waals surface area contributed by atoms with Crippen LogP contribution in [0.1, 0.15) is 25.7 Å². The number of hydrogen-bond acceptors (Lipinski definition) is 6. The third kappa shape index (κ3) is 2.85. The molecular weight excluding hydrogens is 286 g/mol. The Morgan fingerprint density at radius 2 is 2.18 bits per heavy atom. The molecule has 1 unspecified atom stereocenters. The van der Waals surface area contributed by atoms with Gasteiger partial charge in [-0.3, -0.25) is 4.79 Å². The number of fused-ring (bicyclic) bond motifs is 1. The molecule has 1 aliphatic heterocycles. The highest BCUT2D eigenvalue weighted by Crippen LogP contribution is 2.30. The van der Waals surface area contributed by atoms with Crippen LogP contribution in [-0.2, 0) is 11.3 Å². The van der Waals surface area contributed by atoms with E-state index in [0.717, 1.165) is 0 Å². The van der Waals surface area contributed by atoms with E-state index in [4.69, 9.17) is 9.47 Å². The van der Waals surface area contributed by atoms with Crippen LogP contribution in [0.25, 0.3) is 0 Å². The molecule has 1 aromatic carbocycles. The number of para-hydroxylation sites is 2. The summed E-state index contributed by atoms with van der Waals surface area (Å²) in [4.78, 5) is 12.2. The van der Waals surface area contributed by atoms with Crippen LogP contribution in [0.15, 0.2) is 24.3 Å². The van der Waals surface area contributed by atoms with Crippen LogP contribution in [0.5, 0.6) is 11.5 Å². The van der Waals surface area contributed by atoms with Gasteiger partial charge in [-0.2, -0.15) is 0 Å². The molecule has 1 aliphatic rings. The average Bonchev–Trinajstić information content (AvgIpc) is 3.01. The molecule has 0 aliphatic carbocycles. The molecule has 1 aromatic heterocycles. The lowest BCUT2D eigenvalue weighted by Crippen LogP contribution is -2.44. The second-order valence-electron chi connectivity index (χ2n) is 5.22. The number of benzene rings is 1. The summed E-state index contributed by atoms with van der Waals surface area (Å²) < 4.78 is 12.8. The maximum absolute atomic E-state index is 12.2. The Kier molecular flexibility index (Phi) is 3.90. The number of amides is 1. The fraction of sp³-hybridized carbons (Fsp3) is 0.429.